The number of aliphatic hydroxyl groups excluding tert-OH is 1. The first-order chi connectivity index (χ1) is 4.74. The molecule has 0 bridgehead atoms. The van der Waals surface area contributed by atoms with Gasteiger partial charge < -0.3 is 9.84 Å². The number of allylic oxidation sites excluding steroid dienone is 1. The molecule has 1 aliphatic heterocycles. The lowest BCUT2D eigenvalue weighted by Crippen LogP contribution is -2.10. The first-order valence-corrected chi connectivity index (χ1v) is 3.70. The Balaban J connectivity index is 2.46. The molecule has 1 heterocycles. The average molecular weight is 142 g/mol. The Kier molecular flexibility index (Phi) is 2.46. The Morgan fingerprint density at radius 1 is 1.60 bits per heavy atom. The third kappa shape index (κ3) is 1.58. The molecule has 10 heavy (non-hydrogen) atoms. The van der Waals surface area contributed by atoms with Gasteiger partial charge in [-0.05, 0) is 12.8 Å². The molecule has 0 radical (unpaired) electrons. The van der Waals surface area contributed by atoms with Gasteiger partial charge in [-0.15, -0.1) is 0 Å². The van der Waals surface area contributed by atoms with E-state index in [1.54, 1.807) is 0 Å². The molecule has 0 amide bonds. The van der Waals surface area contributed by atoms with E-state index in [-0.39, 0.29) is 6.10 Å². The highest BCUT2D eigenvalue weighted by Gasteiger charge is 2.28. The SMILES string of the molecule is C/C=C/[C@@H]1O[C@@H](O)C[C@@H]1C. The maximum absolute atomic E-state index is 9.04. The van der Waals surface area contributed by atoms with Crippen molar-refractivity contribution in [2.75, 3.05) is 0 Å². The molecule has 1 fully saturated rings. The fraction of sp³-hybridized carbons (Fsp3) is 0.750. The van der Waals surface area contributed by atoms with E-state index in [4.69, 9.17) is 9.84 Å². The smallest absolute Gasteiger partial charge is 0.155 e. The van der Waals surface area contributed by atoms with Gasteiger partial charge in [0.1, 0.15) is 0 Å². The minimum atomic E-state index is -0.545. The van der Waals surface area contributed by atoms with Gasteiger partial charge in [-0.3, -0.25) is 0 Å². The molecule has 1 N–H and O–H groups in total. The van der Waals surface area contributed by atoms with Crippen LogP contribution in [0.2, 0.25) is 0 Å². The summed E-state index contributed by atoms with van der Waals surface area (Å²) in [7, 11) is 0. The second-order valence-corrected chi connectivity index (χ2v) is 2.79. The maximum atomic E-state index is 9.04. The summed E-state index contributed by atoms with van der Waals surface area (Å²) in [6, 6.07) is 0. The number of hydrogen-bond acceptors (Lipinski definition) is 2. The lowest BCUT2D eigenvalue weighted by molar-refractivity contribution is -0.0787. The molecule has 0 aromatic carbocycles. The van der Waals surface area contributed by atoms with Gasteiger partial charge in [-0.25, -0.2) is 0 Å². The van der Waals surface area contributed by atoms with Crippen molar-refractivity contribution in [1.29, 1.82) is 0 Å². The third-order valence-corrected chi connectivity index (χ3v) is 1.83. The molecule has 0 aromatic heterocycles. The molecule has 0 saturated carbocycles. The van der Waals surface area contributed by atoms with Gasteiger partial charge >= 0.3 is 0 Å². The fourth-order valence-corrected chi connectivity index (χ4v) is 1.25. The van der Waals surface area contributed by atoms with Crippen LogP contribution in [0.15, 0.2) is 12.2 Å². The minimum Gasteiger partial charge on any atom is -0.368 e. The van der Waals surface area contributed by atoms with Gasteiger partial charge in [0.2, 0.25) is 0 Å². The molecule has 0 aromatic rings. The van der Waals surface area contributed by atoms with Crippen LogP contribution >= 0.6 is 0 Å². The van der Waals surface area contributed by atoms with E-state index in [1.165, 1.54) is 0 Å². The van der Waals surface area contributed by atoms with Crippen molar-refractivity contribution in [3.63, 3.8) is 0 Å². The Hall–Kier alpha value is -0.340. The molecule has 0 spiro atoms. The van der Waals surface area contributed by atoms with Gasteiger partial charge in [0, 0.05) is 6.42 Å². The van der Waals surface area contributed by atoms with Crippen LogP contribution in [0.1, 0.15) is 20.3 Å². The van der Waals surface area contributed by atoms with Crippen molar-refractivity contribution in [2.45, 2.75) is 32.7 Å². The van der Waals surface area contributed by atoms with Gasteiger partial charge in [-0.1, -0.05) is 19.1 Å². The third-order valence-electron chi connectivity index (χ3n) is 1.83. The summed E-state index contributed by atoms with van der Waals surface area (Å²) in [4.78, 5) is 0. The lowest BCUT2D eigenvalue weighted by atomic mass is 10.0. The zero-order valence-electron chi connectivity index (χ0n) is 6.45. The van der Waals surface area contributed by atoms with E-state index >= 15 is 0 Å². The standard InChI is InChI=1S/C8H14O2/c1-3-4-7-6(2)5-8(9)10-7/h3-4,6-9H,5H2,1-2H3/b4-3+/t6-,7-,8+/m0/s1. The first kappa shape index (κ1) is 7.76. The predicted molar refractivity (Wildman–Crippen MR) is 39.5 cm³/mol. The number of ether oxygens (including phenoxy) is 1. The van der Waals surface area contributed by atoms with E-state index in [9.17, 15) is 0 Å². The van der Waals surface area contributed by atoms with Crippen LogP contribution in [0.25, 0.3) is 0 Å². The van der Waals surface area contributed by atoms with E-state index < -0.39 is 6.29 Å². The molecular weight excluding hydrogens is 128 g/mol. The zero-order chi connectivity index (χ0) is 7.56. The highest BCUT2D eigenvalue weighted by Crippen LogP contribution is 2.25. The van der Waals surface area contributed by atoms with Gasteiger partial charge in [0.25, 0.3) is 0 Å². The van der Waals surface area contributed by atoms with E-state index in [2.05, 4.69) is 6.92 Å². The molecule has 0 aliphatic carbocycles. The Morgan fingerprint density at radius 2 is 2.30 bits per heavy atom. The summed E-state index contributed by atoms with van der Waals surface area (Å²) in [5.74, 6) is 0.450. The minimum absolute atomic E-state index is 0.125. The summed E-state index contributed by atoms with van der Waals surface area (Å²) >= 11 is 0. The average Bonchev–Trinajstić information content (AvgIpc) is 2.13. The number of aliphatic hydroxyl groups is 1. The summed E-state index contributed by atoms with van der Waals surface area (Å²) in [6.07, 6.45) is 4.28. The Bertz CT molecular complexity index is 131. The molecule has 1 saturated heterocycles. The van der Waals surface area contributed by atoms with Gasteiger partial charge in [-0.2, -0.15) is 0 Å². The van der Waals surface area contributed by atoms with Crippen molar-refractivity contribution in [3.05, 3.63) is 12.2 Å². The van der Waals surface area contributed by atoms with Crippen LogP contribution in [0, 0.1) is 5.92 Å². The molecule has 1 aliphatic rings. The molecular formula is C8H14O2. The van der Waals surface area contributed by atoms with Crippen molar-refractivity contribution < 1.29 is 9.84 Å². The largest absolute Gasteiger partial charge is 0.368 e. The zero-order valence-corrected chi connectivity index (χ0v) is 6.45. The quantitative estimate of drug-likeness (QED) is 0.559. The van der Waals surface area contributed by atoms with Crippen LogP contribution < -0.4 is 0 Å². The molecule has 2 nitrogen and oxygen atoms in total. The predicted octanol–water partition coefficient (Wildman–Crippen LogP) is 1.31. The van der Waals surface area contributed by atoms with Crippen LogP contribution in [0.3, 0.4) is 0 Å². The fourth-order valence-electron chi connectivity index (χ4n) is 1.25. The van der Waals surface area contributed by atoms with Crippen molar-refractivity contribution in [1.82, 2.24) is 0 Å². The summed E-state index contributed by atoms with van der Waals surface area (Å²) in [5, 5.41) is 9.04. The first-order valence-electron chi connectivity index (χ1n) is 3.70. The Labute approximate surface area is 61.5 Å². The van der Waals surface area contributed by atoms with Crippen LogP contribution in [0.5, 0.6) is 0 Å². The topological polar surface area (TPSA) is 29.5 Å². The summed E-state index contributed by atoms with van der Waals surface area (Å²) in [6.45, 7) is 4.04. The molecule has 0 unspecified atom stereocenters. The van der Waals surface area contributed by atoms with Crippen LogP contribution in [-0.4, -0.2) is 17.5 Å². The Morgan fingerprint density at radius 3 is 2.70 bits per heavy atom. The molecule has 58 valence electrons. The highest BCUT2D eigenvalue weighted by atomic mass is 16.6. The van der Waals surface area contributed by atoms with Gasteiger partial charge in [0.15, 0.2) is 6.29 Å². The second kappa shape index (κ2) is 3.17. The monoisotopic (exact) mass is 142 g/mol. The normalized spacial score (nSPS) is 41.3. The summed E-state index contributed by atoms with van der Waals surface area (Å²) < 4.78 is 5.18. The van der Waals surface area contributed by atoms with Crippen LogP contribution in [0.4, 0.5) is 0 Å². The lowest BCUT2D eigenvalue weighted by Gasteiger charge is -2.07. The highest BCUT2D eigenvalue weighted by molar-refractivity contribution is 4.93. The number of hydrogen-bond donors (Lipinski definition) is 1. The van der Waals surface area contributed by atoms with Crippen molar-refractivity contribution >= 4 is 0 Å². The summed E-state index contributed by atoms with van der Waals surface area (Å²) in [5.41, 5.74) is 0. The molecule has 2 heteroatoms. The van der Waals surface area contributed by atoms with E-state index in [0.29, 0.717) is 5.92 Å². The van der Waals surface area contributed by atoms with E-state index in [0.717, 1.165) is 6.42 Å². The molecule has 3 atom stereocenters. The van der Waals surface area contributed by atoms with Crippen molar-refractivity contribution in [3.8, 4) is 0 Å². The second-order valence-electron chi connectivity index (χ2n) is 2.79. The van der Waals surface area contributed by atoms with Gasteiger partial charge in [0.05, 0.1) is 6.10 Å². The number of rotatable bonds is 1. The maximum Gasteiger partial charge on any atom is 0.155 e. The molecule has 1 rings (SSSR count). The van der Waals surface area contributed by atoms with E-state index in [1.807, 2.05) is 19.1 Å². The van der Waals surface area contributed by atoms with Crippen molar-refractivity contribution in [2.24, 2.45) is 5.92 Å². The van der Waals surface area contributed by atoms with Crippen LogP contribution in [-0.2, 0) is 4.74 Å².